The lowest BCUT2D eigenvalue weighted by atomic mass is 9.93. The van der Waals surface area contributed by atoms with Gasteiger partial charge in [0.15, 0.2) is 5.69 Å². The van der Waals surface area contributed by atoms with Crippen molar-refractivity contribution in [3.8, 4) is 5.13 Å². The number of aromatic nitrogens is 3. The van der Waals surface area contributed by atoms with E-state index < -0.39 is 10.5 Å². The van der Waals surface area contributed by atoms with Crippen molar-refractivity contribution in [3.63, 3.8) is 0 Å². The highest BCUT2D eigenvalue weighted by molar-refractivity contribution is 7.12. The molecule has 2 aromatic heterocycles. The SMILES string of the molecule is Cc1[nH]n(-c2nc(C(C)(C)C)cs2)c(=O)c1N=Nc1c(Cl)cc([N+](=O)[O-])cc1Cl. The molecule has 0 aliphatic heterocycles. The van der Waals surface area contributed by atoms with E-state index in [1.165, 1.54) is 16.0 Å². The Labute approximate surface area is 179 Å². The number of hydrogen-bond acceptors (Lipinski definition) is 7. The highest BCUT2D eigenvalue weighted by atomic mass is 35.5. The molecule has 2 heterocycles. The second kappa shape index (κ2) is 7.69. The van der Waals surface area contributed by atoms with Gasteiger partial charge in [-0.25, -0.2) is 4.98 Å². The third-order valence-corrected chi connectivity index (χ3v) is 5.36. The summed E-state index contributed by atoms with van der Waals surface area (Å²) < 4.78 is 1.29. The molecule has 152 valence electrons. The summed E-state index contributed by atoms with van der Waals surface area (Å²) in [5.41, 5.74) is 0.585. The highest BCUT2D eigenvalue weighted by Gasteiger charge is 2.21. The molecule has 9 nitrogen and oxygen atoms in total. The Balaban J connectivity index is 1.99. The molecule has 0 bridgehead atoms. The maximum Gasteiger partial charge on any atom is 0.301 e. The van der Waals surface area contributed by atoms with Crippen molar-refractivity contribution in [1.82, 2.24) is 14.8 Å². The first-order valence-electron chi connectivity index (χ1n) is 8.32. The molecule has 0 amide bonds. The van der Waals surface area contributed by atoms with Crippen LogP contribution in [0, 0.1) is 17.0 Å². The van der Waals surface area contributed by atoms with Crippen LogP contribution in [0.2, 0.25) is 10.0 Å². The van der Waals surface area contributed by atoms with Gasteiger partial charge in [0, 0.05) is 22.9 Å². The Hall–Kier alpha value is -2.56. The fraction of sp³-hybridized carbons (Fsp3) is 0.294. The number of azo groups is 1. The van der Waals surface area contributed by atoms with Crippen LogP contribution in [0.3, 0.4) is 0 Å². The van der Waals surface area contributed by atoms with E-state index in [1.54, 1.807) is 6.92 Å². The third-order valence-electron chi connectivity index (χ3n) is 3.95. The van der Waals surface area contributed by atoms with Crippen LogP contribution in [0.1, 0.15) is 32.2 Å². The molecule has 1 N–H and O–H groups in total. The maximum absolute atomic E-state index is 12.8. The van der Waals surface area contributed by atoms with Gasteiger partial charge in [0.1, 0.15) is 5.69 Å². The number of hydrogen-bond donors (Lipinski definition) is 1. The van der Waals surface area contributed by atoms with Crippen molar-refractivity contribution in [3.05, 3.63) is 59.4 Å². The average molecular weight is 455 g/mol. The number of aromatic amines is 1. The second-order valence-corrected chi connectivity index (χ2v) is 8.86. The Morgan fingerprint density at radius 2 is 1.79 bits per heavy atom. The van der Waals surface area contributed by atoms with Crippen LogP contribution in [-0.4, -0.2) is 19.7 Å². The quantitative estimate of drug-likeness (QED) is 0.301. The summed E-state index contributed by atoms with van der Waals surface area (Å²) in [6, 6.07) is 2.24. The van der Waals surface area contributed by atoms with E-state index in [9.17, 15) is 14.9 Å². The lowest BCUT2D eigenvalue weighted by Crippen LogP contribution is -2.16. The topological polar surface area (TPSA) is 119 Å². The van der Waals surface area contributed by atoms with Crippen LogP contribution in [0.15, 0.2) is 32.5 Å². The number of halogens is 2. The molecule has 0 aliphatic carbocycles. The Morgan fingerprint density at radius 1 is 1.21 bits per heavy atom. The van der Waals surface area contributed by atoms with E-state index in [4.69, 9.17) is 23.2 Å². The molecule has 1 aromatic carbocycles. The van der Waals surface area contributed by atoms with Gasteiger partial charge < -0.3 is 0 Å². The Bertz CT molecular complexity index is 1170. The van der Waals surface area contributed by atoms with Gasteiger partial charge in [-0.2, -0.15) is 4.68 Å². The molecular formula is C17H16Cl2N6O3S. The van der Waals surface area contributed by atoms with Crippen LogP contribution in [0.4, 0.5) is 17.1 Å². The summed E-state index contributed by atoms with van der Waals surface area (Å²) in [6.45, 7) is 7.77. The van der Waals surface area contributed by atoms with E-state index in [-0.39, 0.29) is 32.5 Å². The Morgan fingerprint density at radius 3 is 2.31 bits per heavy atom. The Kier molecular flexibility index (Phi) is 5.61. The fourth-order valence-corrected chi connectivity index (χ4v) is 3.91. The van der Waals surface area contributed by atoms with Crippen molar-refractivity contribution in [2.24, 2.45) is 10.2 Å². The molecule has 12 heteroatoms. The predicted octanol–water partition coefficient (Wildman–Crippen LogP) is 5.86. The van der Waals surface area contributed by atoms with Crippen LogP contribution in [0.25, 0.3) is 5.13 Å². The summed E-state index contributed by atoms with van der Waals surface area (Å²) in [5.74, 6) is 0. The monoisotopic (exact) mass is 454 g/mol. The van der Waals surface area contributed by atoms with Crippen molar-refractivity contribution < 1.29 is 4.92 Å². The summed E-state index contributed by atoms with van der Waals surface area (Å²) in [5, 5.41) is 24.0. The smallest absolute Gasteiger partial charge is 0.291 e. The van der Waals surface area contributed by atoms with Gasteiger partial charge >= 0.3 is 5.56 Å². The van der Waals surface area contributed by atoms with E-state index >= 15 is 0 Å². The summed E-state index contributed by atoms with van der Waals surface area (Å²) in [7, 11) is 0. The number of rotatable bonds is 4. The lowest BCUT2D eigenvalue weighted by Gasteiger charge is -2.13. The maximum atomic E-state index is 12.8. The molecule has 3 aromatic rings. The largest absolute Gasteiger partial charge is 0.301 e. The van der Waals surface area contributed by atoms with E-state index in [1.807, 2.05) is 26.2 Å². The zero-order valence-corrected chi connectivity index (χ0v) is 18.2. The first-order chi connectivity index (χ1) is 13.5. The predicted molar refractivity (Wildman–Crippen MR) is 113 cm³/mol. The van der Waals surface area contributed by atoms with Crippen molar-refractivity contribution in [2.45, 2.75) is 33.1 Å². The van der Waals surface area contributed by atoms with Crippen molar-refractivity contribution in [2.75, 3.05) is 0 Å². The highest BCUT2D eigenvalue weighted by Crippen LogP contribution is 2.37. The van der Waals surface area contributed by atoms with Crippen LogP contribution >= 0.6 is 34.5 Å². The number of aryl methyl sites for hydroxylation is 1. The minimum atomic E-state index is -0.618. The van der Waals surface area contributed by atoms with E-state index in [2.05, 4.69) is 20.3 Å². The molecule has 0 unspecified atom stereocenters. The van der Waals surface area contributed by atoms with Crippen molar-refractivity contribution >= 4 is 51.6 Å². The second-order valence-electron chi connectivity index (χ2n) is 7.21. The molecular weight excluding hydrogens is 439 g/mol. The minimum absolute atomic E-state index is 0.0368. The molecule has 3 rings (SSSR count). The summed E-state index contributed by atoms with van der Waals surface area (Å²) in [4.78, 5) is 27.5. The van der Waals surface area contributed by atoms with Crippen LogP contribution in [-0.2, 0) is 5.41 Å². The number of thiazole rings is 1. The van der Waals surface area contributed by atoms with E-state index in [0.29, 0.717) is 10.8 Å². The lowest BCUT2D eigenvalue weighted by molar-refractivity contribution is -0.384. The molecule has 0 spiro atoms. The molecule has 29 heavy (non-hydrogen) atoms. The first kappa shape index (κ1) is 21.2. The van der Waals surface area contributed by atoms with Gasteiger partial charge in [0.2, 0.25) is 5.13 Å². The standard InChI is InChI=1S/C17H16Cl2N6O3S/c1-8-13(21-22-14-10(18)5-9(25(27)28)6-11(14)19)15(26)24(23-8)16-20-12(7-29-16)17(2,3)4/h5-7,23H,1-4H3. The molecule has 0 atom stereocenters. The van der Waals surface area contributed by atoms with Gasteiger partial charge in [-0.15, -0.1) is 21.6 Å². The number of H-pyrrole nitrogens is 1. The normalized spacial score (nSPS) is 12.1. The van der Waals surface area contributed by atoms with Crippen molar-refractivity contribution in [1.29, 1.82) is 0 Å². The third kappa shape index (κ3) is 4.24. The molecule has 0 aliphatic rings. The number of nitrogens with one attached hydrogen (secondary N) is 1. The van der Waals surface area contributed by atoms with Gasteiger partial charge in [-0.1, -0.05) is 44.0 Å². The first-order valence-corrected chi connectivity index (χ1v) is 9.95. The van der Waals surface area contributed by atoms with Gasteiger partial charge in [-0.3, -0.25) is 20.0 Å². The molecule has 0 fully saturated rings. The van der Waals surface area contributed by atoms with Gasteiger partial charge in [-0.05, 0) is 6.92 Å². The molecule has 0 saturated carbocycles. The van der Waals surface area contributed by atoms with Gasteiger partial charge in [0.05, 0.1) is 26.4 Å². The number of nitro benzene ring substituents is 1. The number of benzene rings is 1. The minimum Gasteiger partial charge on any atom is -0.291 e. The van der Waals surface area contributed by atoms with Crippen LogP contribution < -0.4 is 5.56 Å². The summed E-state index contributed by atoms with van der Waals surface area (Å²) in [6.07, 6.45) is 0. The summed E-state index contributed by atoms with van der Waals surface area (Å²) >= 11 is 13.4. The average Bonchev–Trinajstić information content (AvgIpc) is 3.20. The fourth-order valence-electron chi connectivity index (χ4n) is 2.35. The molecule has 0 radical (unpaired) electrons. The zero-order valence-electron chi connectivity index (χ0n) is 15.9. The zero-order chi connectivity index (χ0) is 21.5. The van der Waals surface area contributed by atoms with E-state index in [0.717, 1.165) is 17.8 Å². The number of nitro groups is 1. The van der Waals surface area contributed by atoms with Crippen LogP contribution in [0.5, 0.6) is 0 Å². The number of nitrogens with zero attached hydrogens (tertiary/aromatic N) is 5. The van der Waals surface area contributed by atoms with Gasteiger partial charge in [0.25, 0.3) is 5.69 Å². The number of non-ortho nitro benzene ring substituents is 1. The molecule has 0 saturated heterocycles.